The first kappa shape index (κ1) is 10.8. The highest BCUT2D eigenvalue weighted by Gasteiger charge is 2.18. The van der Waals surface area contributed by atoms with Crippen molar-refractivity contribution in [1.29, 1.82) is 0 Å². The highest BCUT2D eigenvalue weighted by Crippen LogP contribution is 2.08. The van der Waals surface area contributed by atoms with Crippen LogP contribution in [0.25, 0.3) is 0 Å². The van der Waals surface area contributed by atoms with Gasteiger partial charge >= 0.3 is 0 Å². The summed E-state index contributed by atoms with van der Waals surface area (Å²) in [5.74, 6) is -0.706. The minimum absolute atomic E-state index is 0.324. The van der Waals surface area contributed by atoms with E-state index in [2.05, 4.69) is 0 Å². The predicted octanol–water partition coefficient (Wildman–Crippen LogP) is 1.63. The molecule has 0 amide bonds. The number of Topliss-reactive ketones (excluding diaryl/α,β-unsaturated/α-hetero) is 1. The Bertz CT molecular complexity index is 304. The van der Waals surface area contributed by atoms with E-state index in [4.69, 9.17) is 9.47 Å². The zero-order valence-corrected chi connectivity index (χ0v) is 7.99. The van der Waals surface area contributed by atoms with E-state index in [1.54, 1.807) is 0 Å². The number of benzene rings is 1. The van der Waals surface area contributed by atoms with Crippen LogP contribution in [0.1, 0.15) is 10.4 Å². The second-order valence-electron chi connectivity index (χ2n) is 2.67. The van der Waals surface area contributed by atoms with Crippen molar-refractivity contribution >= 4 is 5.78 Å². The first-order chi connectivity index (χ1) is 6.69. The van der Waals surface area contributed by atoms with Gasteiger partial charge in [0.25, 0.3) is 0 Å². The van der Waals surface area contributed by atoms with E-state index in [1.165, 1.54) is 38.5 Å². The molecule has 0 heterocycles. The van der Waals surface area contributed by atoms with Crippen molar-refractivity contribution in [2.45, 2.75) is 6.29 Å². The van der Waals surface area contributed by atoms with Crippen LogP contribution >= 0.6 is 0 Å². The minimum atomic E-state index is -0.930. The molecule has 0 spiro atoms. The third-order valence-electron chi connectivity index (χ3n) is 1.77. The average molecular weight is 210 g/mol. The quantitative estimate of drug-likeness (QED) is 0.559. The van der Waals surface area contributed by atoms with Crippen molar-refractivity contribution in [3.8, 4) is 0 Å². The molecule has 0 saturated carbocycles. The zero-order chi connectivity index (χ0) is 10.6. The molecule has 0 bridgehead atoms. The number of ketones is 1. The van der Waals surface area contributed by atoms with Gasteiger partial charge in [-0.3, -0.25) is 4.79 Å². The van der Waals surface area contributed by atoms with E-state index in [9.17, 15) is 9.18 Å². The summed E-state index contributed by atoms with van der Waals surface area (Å²) < 4.78 is 22.1. The Morgan fingerprint density at radius 1 is 1.21 bits per heavy atom. The van der Waals surface area contributed by atoms with Gasteiger partial charge in [-0.2, -0.15) is 0 Å². The summed E-state index contributed by atoms with van der Waals surface area (Å²) in [4.78, 5) is 11.5. The molecule has 4 heteroatoms. The summed E-state index contributed by atoms with van der Waals surface area (Å²) in [6.45, 7) is 0. The van der Waals surface area contributed by atoms with Gasteiger partial charge in [0.1, 0.15) is 5.82 Å². The monoisotopic (exact) mass is 210 g/mol. The van der Waals surface area contributed by atoms with E-state index < -0.39 is 6.29 Å². The van der Waals surface area contributed by atoms with Gasteiger partial charge in [0.15, 0.2) is 0 Å². The number of carbonyl (C=O) groups excluding carboxylic acids is 1. The van der Waals surface area contributed by atoms with Crippen LogP contribution < -0.4 is 0 Å². The third-order valence-corrected chi connectivity index (χ3v) is 1.77. The molecule has 1 aromatic rings. The Balaban J connectivity index is 2.83. The maximum atomic E-state index is 12.5. The molecule has 0 aromatic heterocycles. The van der Waals surface area contributed by atoms with Crippen molar-refractivity contribution in [3.05, 3.63) is 35.6 Å². The van der Waals surface area contributed by atoms with Gasteiger partial charge < -0.3 is 9.47 Å². The molecule has 0 saturated heterocycles. The van der Waals surface area contributed by atoms with Gasteiger partial charge in [-0.05, 0) is 24.3 Å². The van der Waals surface area contributed by atoms with E-state index in [0.29, 0.717) is 5.56 Å². The molecule has 0 radical (unpaired) electrons. The maximum absolute atomic E-state index is 12.5. The number of rotatable bonds is 4. The molecular formula is C10H11FO3. The van der Waals surface area contributed by atoms with Gasteiger partial charge in [0.05, 0.1) is 0 Å². The van der Waals surface area contributed by atoms with Crippen molar-refractivity contribution in [1.82, 2.24) is 0 Å². The minimum Gasteiger partial charge on any atom is -0.349 e. The van der Waals surface area contributed by atoms with Crippen LogP contribution in [0.2, 0.25) is 0 Å². The van der Waals surface area contributed by atoms with Crippen LogP contribution in [-0.2, 0) is 9.47 Å². The van der Waals surface area contributed by atoms with Gasteiger partial charge in [-0.15, -0.1) is 0 Å². The molecule has 0 atom stereocenters. The lowest BCUT2D eigenvalue weighted by Gasteiger charge is -2.11. The molecule has 76 valence electrons. The second-order valence-corrected chi connectivity index (χ2v) is 2.67. The fourth-order valence-corrected chi connectivity index (χ4v) is 1.06. The highest BCUT2D eigenvalue weighted by atomic mass is 19.2. The Kier molecular flexibility index (Phi) is 3.73. The summed E-state index contributed by atoms with van der Waals surface area (Å²) in [7, 11) is 2.74. The highest BCUT2D eigenvalue weighted by molar-refractivity contribution is 5.98. The normalized spacial score (nSPS) is 10.6. The SMILES string of the molecule is COC(OC)C(=O)[14c]1[14cH][14cH][14c](F)[14cH][14cH]1. The molecule has 1 rings (SSSR count). The Labute approximate surface area is 81.4 Å². The molecule has 0 N–H and O–H groups in total. The van der Waals surface area contributed by atoms with Crippen molar-refractivity contribution in [3.63, 3.8) is 0 Å². The van der Waals surface area contributed by atoms with E-state index >= 15 is 0 Å². The lowest BCUT2D eigenvalue weighted by Crippen LogP contribution is -2.24. The number of hydrogen-bond acceptors (Lipinski definition) is 3. The van der Waals surface area contributed by atoms with Crippen LogP contribution in [0.15, 0.2) is 24.3 Å². The topological polar surface area (TPSA) is 35.5 Å². The molecule has 0 aliphatic carbocycles. The third kappa shape index (κ3) is 2.37. The number of methoxy groups -OCH3 is 2. The van der Waals surface area contributed by atoms with Crippen LogP contribution in [0.4, 0.5) is 4.39 Å². The summed E-state index contributed by atoms with van der Waals surface area (Å²) in [6, 6.07) is 5.22. The predicted molar refractivity (Wildman–Crippen MR) is 48.5 cm³/mol. The second kappa shape index (κ2) is 4.83. The number of halogens is 1. The molecule has 0 aliphatic rings. The summed E-state index contributed by atoms with van der Waals surface area (Å²) in [5, 5.41) is 0. The molecule has 1 aromatic carbocycles. The van der Waals surface area contributed by atoms with Gasteiger partial charge in [-0.25, -0.2) is 4.39 Å². The van der Waals surface area contributed by atoms with Crippen molar-refractivity contribution < 1.29 is 18.7 Å². The lowest BCUT2D eigenvalue weighted by atomic mass is 10.6. The maximum Gasteiger partial charge on any atom is 0.222 e. The van der Waals surface area contributed by atoms with Crippen LogP contribution in [0.3, 0.4) is 0 Å². The first-order valence-electron chi connectivity index (χ1n) is 4.04. The van der Waals surface area contributed by atoms with Crippen LogP contribution in [0.5, 0.6) is 0 Å². The smallest absolute Gasteiger partial charge is 0.222 e. The fraction of sp³-hybridized carbons (Fsp3) is 0.300. The fourth-order valence-electron chi connectivity index (χ4n) is 1.06. The molecule has 0 unspecified atom stereocenters. The molecule has 0 fully saturated rings. The number of hydrogen-bond donors (Lipinski definition) is 0. The largest absolute Gasteiger partial charge is 0.349 e. The van der Waals surface area contributed by atoms with Gasteiger partial charge in [0.2, 0.25) is 12.1 Å². The van der Waals surface area contributed by atoms with Gasteiger partial charge in [-0.1, -0.05) is 0 Å². The summed E-state index contributed by atoms with van der Waals surface area (Å²) in [5.41, 5.74) is 0.361. The van der Waals surface area contributed by atoms with Gasteiger partial charge in [0, 0.05) is 19.8 Å². The number of carbonyl (C=O) groups is 1. The molecule has 3 nitrogen and oxygen atoms in total. The van der Waals surface area contributed by atoms with E-state index in [0.717, 1.165) is 0 Å². The van der Waals surface area contributed by atoms with Crippen molar-refractivity contribution in [2.75, 3.05) is 14.2 Å². The summed E-state index contributed by atoms with van der Waals surface area (Å²) >= 11 is 0. The lowest BCUT2D eigenvalue weighted by molar-refractivity contribution is -0.0742. The van der Waals surface area contributed by atoms with Crippen molar-refractivity contribution in [2.24, 2.45) is 0 Å². The molecule has 14 heavy (non-hydrogen) atoms. The van der Waals surface area contributed by atoms with Crippen LogP contribution in [-0.4, -0.2) is 26.3 Å². The Morgan fingerprint density at radius 2 is 1.71 bits per heavy atom. The Morgan fingerprint density at radius 3 is 2.14 bits per heavy atom. The van der Waals surface area contributed by atoms with E-state index in [1.807, 2.05) is 0 Å². The molecule has 0 aliphatic heterocycles. The molecular weight excluding hydrogens is 199 g/mol. The van der Waals surface area contributed by atoms with E-state index in [-0.39, 0.29) is 11.6 Å². The summed E-state index contributed by atoms with van der Waals surface area (Å²) in [6.07, 6.45) is -0.930. The first-order valence-corrected chi connectivity index (χ1v) is 4.04. The Hall–Kier alpha value is -1.26. The number of ether oxygens (including phenoxy) is 2. The van der Waals surface area contributed by atoms with Crippen LogP contribution in [0, 0.1) is 5.82 Å². The average Bonchev–Trinajstić information content (AvgIpc) is 2.20. The zero-order valence-electron chi connectivity index (χ0n) is 7.99. The standard InChI is InChI=1S/C10H11FO3/c1-13-10(14-2)9(12)7-3-5-8(11)6-4-7/h3-6,10H,1-2H3/i3+2,4+2,5+2,6+2,7+2,8+2.